The standard InChI is InChI=1S/C39H33N3O4/c1-3-38(43)45-28-31-17-23-34(24-18-31)41(35-25-19-32(20-26-35)29-46-39(44)4-2)33-21-15-30(16-22-33)27-40-42(36-11-7-5-8-12-36)37-13-9-6-10-14-37/h3-27H,1-2,28-29H2. The van der Waals surface area contributed by atoms with Crippen molar-refractivity contribution in [2.24, 2.45) is 5.10 Å². The summed E-state index contributed by atoms with van der Waals surface area (Å²) in [7, 11) is 0. The van der Waals surface area contributed by atoms with E-state index < -0.39 is 11.9 Å². The van der Waals surface area contributed by atoms with Gasteiger partial charge in [-0.05, 0) is 77.4 Å². The molecule has 0 atom stereocenters. The fourth-order valence-corrected chi connectivity index (χ4v) is 4.61. The molecular formula is C39H33N3O4. The number of anilines is 5. The van der Waals surface area contributed by atoms with Gasteiger partial charge in [-0.15, -0.1) is 0 Å². The third-order valence-electron chi connectivity index (χ3n) is 6.96. The van der Waals surface area contributed by atoms with Gasteiger partial charge in [-0.2, -0.15) is 5.10 Å². The van der Waals surface area contributed by atoms with Crippen LogP contribution in [0.2, 0.25) is 0 Å². The van der Waals surface area contributed by atoms with Crippen molar-refractivity contribution in [2.75, 3.05) is 9.91 Å². The van der Waals surface area contributed by atoms with Crippen LogP contribution in [-0.4, -0.2) is 18.2 Å². The third kappa shape index (κ3) is 8.24. The summed E-state index contributed by atoms with van der Waals surface area (Å²) in [5.74, 6) is -0.937. The molecule has 46 heavy (non-hydrogen) atoms. The van der Waals surface area contributed by atoms with E-state index in [1.165, 1.54) is 0 Å². The number of rotatable bonds is 13. The van der Waals surface area contributed by atoms with E-state index in [4.69, 9.17) is 14.6 Å². The Hall–Kier alpha value is -6.21. The molecule has 0 bridgehead atoms. The van der Waals surface area contributed by atoms with Crippen LogP contribution in [0.5, 0.6) is 0 Å². The normalized spacial score (nSPS) is 10.6. The van der Waals surface area contributed by atoms with Crippen molar-refractivity contribution in [1.82, 2.24) is 0 Å². The van der Waals surface area contributed by atoms with Crippen LogP contribution in [0.15, 0.2) is 164 Å². The largest absolute Gasteiger partial charge is 0.458 e. The van der Waals surface area contributed by atoms with Crippen molar-refractivity contribution in [3.63, 3.8) is 0 Å². The number of para-hydroxylation sites is 2. The topological polar surface area (TPSA) is 71.4 Å². The van der Waals surface area contributed by atoms with E-state index in [0.29, 0.717) is 0 Å². The number of ether oxygens (including phenoxy) is 2. The van der Waals surface area contributed by atoms with Gasteiger partial charge < -0.3 is 14.4 Å². The SMILES string of the molecule is C=CC(=O)OCc1ccc(N(c2ccc(C=NN(c3ccccc3)c3ccccc3)cc2)c2ccc(COC(=O)C=C)cc2)cc1. The molecule has 0 amide bonds. The highest BCUT2D eigenvalue weighted by Crippen LogP contribution is 2.35. The fraction of sp³-hybridized carbons (Fsp3) is 0.0513. The lowest BCUT2D eigenvalue weighted by Crippen LogP contribution is -2.11. The van der Waals surface area contributed by atoms with Crippen LogP contribution in [0.4, 0.5) is 28.4 Å². The molecule has 5 aromatic rings. The van der Waals surface area contributed by atoms with E-state index in [9.17, 15) is 9.59 Å². The van der Waals surface area contributed by atoms with Gasteiger partial charge in [0.25, 0.3) is 0 Å². The first-order valence-corrected chi connectivity index (χ1v) is 14.6. The number of hydrogen-bond donors (Lipinski definition) is 0. The van der Waals surface area contributed by atoms with Crippen molar-refractivity contribution in [2.45, 2.75) is 13.2 Å². The second-order valence-corrected chi connectivity index (χ2v) is 10.1. The minimum absolute atomic E-state index is 0.153. The average Bonchev–Trinajstić information content (AvgIpc) is 3.12. The maximum atomic E-state index is 11.5. The number of benzene rings is 5. The zero-order valence-electron chi connectivity index (χ0n) is 25.2. The molecule has 228 valence electrons. The number of hydrogen-bond acceptors (Lipinski definition) is 7. The molecule has 0 aliphatic heterocycles. The minimum Gasteiger partial charge on any atom is -0.458 e. The Bertz CT molecular complexity index is 1680. The van der Waals surface area contributed by atoms with Crippen molar-refractivity contribution in [3.05, 3.63) is 175 Å². The lowest BCUT2D eigenvalue weighted by atomic mass is 10.1. The monoisotopic (exact) mass is 607 g/mol. The van der Waals surface area contributed by atoms with Crippen LogP contribution in [0, 0.1) is 0 Å². The third-order valence-corrected chi connectivity index (χ3v) is 6.96. The van der Waals surface area contributed by atoms with Crippen LogP contribution in [0.3, 0.4) is 0 Å². The van der Waals surface area contributed by atoms with Crippen molar-refractivity contribution in [1.29, 1.82) is 0 Å². The van der Waals surface area contributed by atoms with Crippen LogP contribution >= 0.6 is 0 Å². The summed E-state index contributed by atoms with van der Waals surface area (Å²) < 4.78 is 10.4. The lowest BCUT2D eigenvalue weighted by Gasteiger charge is -2.26. The highest BCUT2D eigenvalue weighted by Gasteiger charge is 2.14. The number of esters is 2. The van der Waals surface area contributed by atoms with Gasteiger partial charge in [0.1, 0.15) is 13.2 Å². The molecular weight excluding hydrogens is 574 g/mol. The van der Waals surface area contributed by atoms with Crippen molar-refractivity contribution >= 4 is 46.6 Å². The molecule has 7 nitrogen and oxygen atoms in total. The molecule has 0 heterocycles. The molecule has 0 aromatic heterocycles. The fourth-order valence-electron chi connectivity index (χ4n) is 4.61. The van der Waals surface area contributed by atoms with Crippen LogP contribution in [-0.2, 0) is 32.3 Å². The first-order chi connectivity index (χ1) is 22.5. The molecule has 7 heteroatoms. The van der Waals surface area contributed by atoms with E-state index in [2.05, 4.69) is 18.1 Å². The molecule has 0 unspecified atom stereocenters. The molecule has 0 aliphatic carbocycles. The predicted octanol–water partition coefficient (Wildman–Crippen LogP) is 8.79. The van der Waals surface area contributed by atoms with E-state index >= 15 is 0 Å². The summed E-state index contributed by atoms with van der Waals surface area (Å²) in [6.45, 7) is 7.19. The van der Waals surface area contributed by atoms with Gasteiger partial charge in [0.2, 0.25) is 0 Å². The summed E-state index contributed by atoms with van der Waals surface area (Å²) >= 11 is 0. The molecule has 0 spiro atoms. The van der Waals surface area contributed by atoms with Gasteiger partial charge in [-0.3, -0.25) is 0 Å². The lowest BCUT2D eigenvalue weighted by molar-refractivity contribution is -0.139. The van der Waals surface area contributed by atoms with Crippen LogP contribution in [0.1, 0.15) is 16.7 Å². The maximum Gasteiger partial charge on any atom is 0.330 e. The Morgan fingerprint density at radius 1 is 0.543 bits per heavy atom. The Kier molecular flexibility index (Phi) is 10.5. The Morgan fingerprint density at radius 2 is 0.935 bits per heavy atom. The molecule has 0 aliphatic rings. The average molecular weight is 608 g/mol. The number of hydrazone groups is 1. The van der Waals surface area contributed by atoms with Gasteiger partial charge in [-0.1, -0.05) is 86.0 Å². The predicted molar refractivity (Wildman–Crippen MR) is 184 cm³/mol. The van der Waals surface area contributed by atoms with E-state index in [0.717, 1.165) is 57.3 Å². The smallest absolute Gasteiger partial charge is 0.330 e. The van der Waals surface area contributed by atoms with E-state index in [1.54, 1.807) is 0 Å². The zero-order chi connectivity index (χ0) is 32.1. The molecule has 0 radical (unpaired) electrons. The van der Waals surface area contributed by atoms with Crippen LogP contribution < -0.4 is 9.91 Å². The first-order valence-electron chi connectivity index (χ1n) is 14.6. The highest BCUT2D eigenvalue weighted by atomic mass is 16.5. The molecule has 0 N–H and O–H groups in total. The molecule has 0 fully saturated rings. The second kappa shape index (κ2) is 15.5. The van der Waals surface area contributed by atoms with Crippen molar-refractivity contribution in [3.8, 4) is 0 Å². The van der Waals surface area contributed by atoms with Crippen LogP contribution in [0.25, 0.3) is 0 Å². The van der Waals surface area contributed by atoms with Gasteiger partial charge in [0, 0.05) is 29.2 Å². The second-order valence-electron chi connectivity index (χ2n) is 10.1. The molecule has 5 rings (SSSR count). The maximum absolute atomic E-state index is 11.5. The Morgan fingerprint density at radius 3 is 1.33 bits per heavy atom. The van der Waals surface area contributed by atoms with E-state index in [-0.39, 0.29) is 13.2 Å². The van der Waals surface area contributed by atoms with Crippen molar-refractivity contribution < 1.29 is 19.1 Å². The molecule has 0 saturated heterocycles. The first kappa shape index (κ1) is 31.2. The molecule has 0 saturated carbocycles. The van der Waals surface area contributed by atoms with Gasteiger partial charge in [-0.25, -0.2) is 14.6 Å². The van der Waals surface area contributed by atoms with Gasteiger partial charge >= 0.3 is 11.9 Å². The summed E-state index contributed by atoms with van der Waals surface area (Å²) in [4.78, 5) is 25.2. The van der Waals surface area contributed by atoms with Gasteiger partial charge in [0.15, 0.2) is 0 Å². The Labute approximate surface area is 269 Å². The number of carbonyl (C=O) groups excluding carboxylic acids is 2. The minimum atomic E-state index is -0.469. The number of carbonyl (C=O) groups is 2. The highest BCUT2D eigenvalue weighted by molar-refractivity contribution is 5.84. The summed E-state index contributed by atoms with van der Waals surface area (Å²) in [5.41, 5.74) is 7.29. The van der Waals surface area contributed by atoms with E-state index in [1.807, 2.05) is 145 Å². The molecule has 5 aromatic carbocycles. The quantitative estimate of drug-likeness (QED) is 0.0577. The summed E-state index contributed by atoms with van der Waals surface area (Å²) in [6, 6.07) is 43.7. The number of nitrogens with zero attached hydrogens (tertiary/aromatic N) is 3. The Balaban J connectivity index is 1.42. The van der Waals surface area contributed by atoms with Gasteiger partial charge in [0.05, 0.1) is 17.6 Å². The summed E-state index contributed by atoms with van der Waals surface area (Å²) in [5, 5.41) is 6.73. The zero-order valence-corrected chi connectivity index (χ0v) is 25.2. The summed E-state index contributed by atoms with van der Waals surface area (Å²) in [6.07, 6.45) is 4.13.